The van der Waals surface area contributed by atoms with Gasteiger partial charge in [0, 0.05) is 41.8 Å². The van der Waals surface area contributed by atoms with Crippen molar-refractivity contribution in [3.63, 3.8) is 0 Å². The van der Waals surface area contributed by atoms with Crippen LogP contribution in [0.3, 0.4) is 0 Å². The van der Waals surface area contributed by atoms with Gasteiger partial charge in [0.15, 0.2) is 5.78 Å². The summed E-state index contributed by atoms with van der Waals surface area (Å²) >= 11 is 20.3. The molecule has 0 fully saturated rings. The fraction of sp³-hybridized carbons (Fsp3) is 0. The second kappa shape index (κ2) is 5.80. The van der Waals surface area contributed by atoms with Crippen LogP contribution in [0.25, 0.3) is 10.9 Å². The minimum atomic E-state index is -0.127. The third-order valence-corrected chi connectivity index (χ3v) is 4.81. The number of aromatic nitrogens is 1. The van der Waals surface area contributed by atoms with Gasteiger partial charge in [0.25, 0.3) is 0 Å². The summed E-state index contributed by atoms with van der Waals surface area (Å²) in [5.74, 6) is -0.127. The van der Waals surface area contributed by atoms with E-state index in [0.29, 0.717) is 31.6 Å². The molecule has 0 unspecified atom stereocenters. The Labute approximate surface area is 149 Å². The van der Waals surface area contributed by atoms with E-state index >= 15 is 0 Å². The SMILES string of the molecule is O=C(c1cc(Cl)ccc1I)c1c[nH]c2cc(Cl)cc(Cl)c12. The van der Waals surface area contributed by atoms with Crippen molar-refractivity contribution in [2.75, 3.05) is 0 Å². The maximum Gasteiger partial charge on any atom is 0.196 e. The average Bonchev–Trinajstić information content (AvgIpc) is 2.84. The summed E-state index contributed by atoms with van der Waals surface area (Å²) in [5.41, 5.74) is 1.79. The molecule has 0 aliphatic heterocycles. The van der Waals surface area contributed by atoms with Crippen molar-refractivity contribution in [1.82, 2.24) is 4.98 Å². The molecule has 0 amide bonds. The smallest absolute Gasteiger partial charge is 0.196 e. The fourth-order valence-electron chi connectivity index (χ4n) is 2.18. The molecule has 0 spiro atoms. The zero-order valence-electron chi connectivity index (χ0n) is 10.4. The molecule has 0 radical (unpaired) electrons. The first-order valence-electron chi connectivity index (χ1n) is 5.93. The van der Waals surface area contributed by atoms with Gasteiger partial charge in [-0.3, -0.25) is 4.79 Å². The highest BCUT2D eigenvalue weighted by molar-refractivity contribution is 14.1. The number of halogens is 4. The van der Waals surface area contributed by atoms with E-state index in [4.69, 9.17) is 34.8 Å². The Morgan fingerprint density at radius 2 is 1.76 bits per heavy atom. The molecule has 0 saturated carbocycles. The molecule has 2 aromatic carbocycles. The Morgan fingerprint density at radius 1 is 1.00 bits per heavy atom. The normalized spacial score (nSPS) is 11.0. The lowest BCUT2D eigenvalue weighted by Crippen LogP contribution is -2.03. The average molecular weight is 450 g/mol. The molecule has 0 saturated heterocycles. The number of carbonyl (C=O) groups is 1. The van der Waals surface area contributed by atoms with Crippen LogP contribution >= 0.6 is 57.4 Å². The standard InChI is InChI=1S/C15H7Cl3INO/c16-7-1-2-12(19)9(3-7)15(21)10-6-20-13-5-8(17)4-11(18)14(10)13/h1-6,20H. The van der Waals surface area contributed by atoms with E-state index in [0.717, 1.165) is 9.09 Å². The van der Waals surface area contributed by atoms with Crippen LogP contribution in [0.1, 0.15) is 15.9 Å². The number of hydrogen-bond donors (Lipinski definition) is 1. The Morgan fingerprint density at radius 3 is 2.52 bits per heavy atom. The lowest BCUT2D eigenvalue weighted by atomic mass is 10.0. The number of ketones is 1. The summed E-state index contributed by atoms with van der Waals surface area (Å²) in [6.07, 6.45) is 1.65. The molecule has 1 N–H and O–H groups in total. The molecule has 1 aromatic heterocycles. The van der Waals surface area contributed by atoms with E-state index < -0.39 is 0 Å². The number of aromatic amines is 1. The van der Waals surface area contributed by atoms with Crippen LogP contribution in [0.2, 0.25) is 15.1 Å². The third-order valence-electron chi connectivity index (χ3n) is 3.11. The fourth-order valence-corrected chi connectivity index (χ4v) is 3.53. The topological polar surface area (TPSA) is 32.9 Å². The molecule has 21 heavy (non-hydrogen) atoms. The van der Waals surface area contributed by atoms with E-state index in [1.807, 2.05) is 6.07 Å². The number of rotatable bonds is 2. The van der Waals surface area contributed by atoms with Crippen molar-refractivity contribution in [2.24, 2.45) is 0 Å². The number of H-pyrrole nitrogens is 1. The maximum absolute atomic E-state index is 12.8. The van der Waals surface area contributed by atoms with E-state index in [1.165, 1.54) is 0 Å². The summed E-state index contributed by atoms with van der Waals surface area (Å²) in [4.78, 5) is 15.8. The van der Waals surface area contributed by atoms with Crippen molar-refractivity contribution < 1.29 is 4.79 Å². The van der Waals surface area contributed by atoms with E-state index in [-0.39, 0.29) is 5.78 Å². The number of hydrogen-bond acceptors (Lipinski definition) is 1. The van der Waals surface area contributed by atoms with Gasteiger partial charge >= 0.3 is 0 Å². The molecule has 0 atom stereocenters. The van der Waals surface area contributed by atoms with Gasteiger partial charge in [-0.1, -0.05) is 34.8 Å². The second-order valence-corrected chi connectivity index (χ2v) is 6.91. The lowest BCUT2D eigenvalue weighted by molar-refractivity contribution is 0.103. The number of carbonyl (C=O) groups excluding carboxylic acids is 1. The summed E-state index contributed by atoms with van der Waals surface area (Å²) in [6, 6.07) is 8.58. The van der Waals surface area contributed by atoms with Crippen molar-refractivity contribution >= 4 is 74.1 Å². The molecule has 0 bridgehead atoms. The highest BCUT2D eigenvalue weighted by Gasteiger charge is 2.19. The molecular weight excluding hydrogens is 443 g/mol. The van der Waals surface area contributed by atoms with E-state index in [2.05, 4.69) is 27.6 Å². The van der Waals surface area contributed by atoms with Gasteiger partial charge in [0.05, 0.1) is 5.02 Å². The van der Waals surface area contributed by atoms with Gasteiger partial charge in [-0.2, -0.15) is 0 Å². The highest BCUT2D eigenvalue weighted by atomic mass is 127. The maximum atomic E-state index is 12.8. The highest BCUT2D eigenvalue weighted by Crippen LogP contribution is 2.32. The van der Waals surface area contributed by atoms with Crippen molar-refractivity contribution in [1.29, 1.82) is 0 Å². The first-order chi connectivity index (χ1) is 9.97. The molecule has 1 heterocycles. The summed E-state index contributed by atoms with van der Waals surface area (Å²) in [5, 5.41) is 2.15. The molecule has 2 nitrogen and oxygen atoms in total. The minimum absolute atomic E-state index is 0.127. The van der Waals surface area contributed by atoms with E-state index in [1.54, 1.807) is 30.5 Å². The molecule has 3 aromatic rings. The van der Waals surface area contributed by atoms with Gasteiger partial charge in [0.2, 0.25) is 0 Å². The molecule has 6 heteroatoms. The molecular formula is C15H7Cl3INO. The monoisotopic (exact) mass is 449 g/mol. The first kappa shape index (κ1) is 15.2. The van der Waals surface area contributed by atoms with Gasteiger partial charge < -0.3 is 4.98 Å². The van der Waals surface area contributed by atoms with Crippen molar-refractivity contribution in [3.8, 4) is 0 Å². The van der Waals surface area contributed by atoms with Gasteiger partial charge in [-0.15, -0.1) is 0 Å². The van der Waals surface area contributed by atoms with Crippen LogP contribution in [0, 0.1) is 3.57 Å². The van der Waals surface area contributed by atoms with Gasteiger partial charge in [-0.05, 0) is 52.9 Å². The van der Waals surface area contributed by atoms with Gasteiger partial charge in [0.1, 0.15) is 0 Å². The molecule has 0 aliphatic rings. The predicted octanol–water partition coefficient (Wildman–Crippen LogP) is 5.96. The van der Waals surface area contributed by atoms with Crippen LogP contribution < -0.4 is 0 Å². The summed E-state index contributed by atoms with van der Waals surface area (Å²) < 4.78 is 0.835. The minimum Gasteiger partial charge on any atom is -0.360 e. The quantitative estimate of drug-likeness (QED) is 0.379. The molecule has 3 rings (SSSR count). The lowest BCUT2D eigenvalue weighted by Gasteiger charge is -2.05. The summed E-state index contributed by atoms with van der Waals surface area (Å²) in [6.45, 7) is 0. The predicted molar refractivity (Wildman–Crippen MR) is 95.9 cm³/mol. The number of benzene rings is 2. The first-order valence-corrected chi connectivity index (χ1v) is 8.14. The number of fused-ring (bicyclic) bond motifs is 1. The Balaban J connectivity index is 2.21. The zero-order valence-corrected chi connectivity index (χ0v) is 14.8. The Hall–Kier alpha value is -0.750. The van der Waals surface area contributed by atoms with Crippen LogP contribution in [0.15, 0.2) is 36.5 Å². The van der Waals surface area contributed by atoms with Crippen LogP contribution in [0.5, 0.6) is 0 Å². The van der Waals surface area contributed by atoms with Gasteiger partial charge in [-0.25, -0.2) is 0 Å². The third kappa shape index (κ3) is 2.80. The summed E-state index contributed by atoms with van der Waals surface area (Å²) in [7, 11) is 0. The number of nitrogens with one attached hydrogen (secondary N) is 1. The van der Waals surface area contributed by atoms with Crippen molar-refractivity contribution in [3.05, 3.63) is 66.3 Å². The van der Waals surface area contributed by atoms with Crippen molar-refractivity contribution in [2.45, 2.75) is 0 Å². The van der Waals surface area contributed by atoms with Crippen LogP contribution in [0.4, 0.5) is 0 Å². The zero-order chi connectivity index (χ0) is 15.1. The van der Waals surface area contributed by atoms with E-state index in [9.17, 15) is 4.79 Å². The Bertz CT molecular complexity index is 873. The van der Waals surface area contributed by atoms with Crippen LogP contribution in [-0.2, 0) is 0 Å². The largest absolute Gasteiger partial charge is 0.360 e. The van der Waals surface area contributed by atoms with Crippen LogP contribution in [-0.4, -0.2) is 10.8 Å². The Kier molecular flexibility index (Phi) is 4.19. The second-order valence-electron chi connectivity index (χ2n) is 4.47. The molecule has 106 valence electrons. The molecule has 0 aliphatic carbocycles.